The van der Waals surface area contributed by atoms with E-state index in [9.17, 15) is 0 Å². The van der Waals surface area contributed by atoms with Crippen LogP contribution in [0.25, 0.3) is 0 Å². The monoisotopic (exact) mass is 124 g/mol. The zero-order valence-corrected chi connectivity index (χ0v) is 5.50. The van der Waals surface area contributed by atoms with Crippen LogP contribution in [0, 0.1) is 6.42 Å². The lowest BCUT2D eigenvalue weighted by Gasteiger charge is -1.87. The second kappa shape index (κ2) is 3.28. The maximum atomic E-state index is 4.63. The topological polar surface area (TPSA) is 26.0 Å². The Morgan fingerprint density at radius 2 is 2.67 bits per heavy atom. The van der Waals surface area contributed by atoms with Gasteiger partial charge in [-0.15, -0.1) is 0 Å². The van der Waals surface area contributed by atoms with Crippen molar-refractivity contribution in [3.8, 4) is 0 Å². The molecule has 2 heteroatoms. The van der Waals surface area contributed by atoms with Gasteiger partial charge in [-0.2, -0.15) is 0 Å². The number of hydrogen-bond donors (Lipinski definition) is 0. The molecule has 1 radical (unpaired) electrons. The second-order valence-corrected chi connectivity index (χ2v) is 1.92. The summed E-state index contributed by atoms with van der Waals surface area (Å²) in [6.45, 7) is 2.14. The van der Waals surface area contributed by atoms with Crippen LogP contribution in [0.1, 0.15) is 25.5 Å². The van der Waals surface area contributed by atoms with Gasteiger partial charge in [0.25, 0.3) is 0 Å². The lowest BCUT2D eigenvalue weighted by molar-refractivity contribution is 0.415. The largest absolute Gasteiger partial charge is 0.365 e. The van der Waals surface area contributed by atoms with Gasteiger partial charge in [-0.3, -0.25) is 0 Å². The van der Waals surface area contributed by atoms with Crippen molar-refractivity contribution in [1.82, 2.24) is 5.16 Å². The molecule has 0 fully saturated rings. The minimum atomic E-state index is 0.942. The Labute approximate surface area is 54.9 Å². The molecule has 1 aromatic rings. The first-order valence-electron chi connectivity index (χ1n) is 3.17. The molecular formula is C7H10NO. The van der Waals surface area contributed by atoms with Gasteiger partial charge in [0.1, 0.15) is 6.26 Å². The molecule has 0 saturated carbocycles. The van der Waals surface area contributed by atoms with Gasteiger partial charge < -0.3 is 4.52 Å². The Bertz CT molecular complexity index is 146. The van der Waals surface area contributed by atoms with Crippen LogP contribution >= 0.6 is 0 Å². The van der Waals surface area contributed by atoms with Gasteiger partial charge in [0.2, 0.25) is 0 Å². The highest BCUT2D eigenvalue weighted by atomic mass is 16.5. The van der Waals surface area contributed by atoms with Crippen molar-refractivity contribution in [2.24, 2.45) is 0 Å². The Hall–Kier alpha value is -0.790. The molecule has 0 atom stereocenters. The Morgan fingerprint density at radius 1 is 1.78 bits per heavy atom. The zero-order chi connectivity index (χ0) is 6.53. The molecule has 0 aliphatic heterocycles. The van der Waals surface area contributed by atoms with Crippen molar-refractivity contribution in [3.05, 3.63) is 24.4 Å². The predicted octanol–water partition coefficient (Wildman–Crippen LogP) is 2.03. The lowest BCUT2D eigenvalue weighted by Crippen LogP contribution is -1.78. The average molecular weight is 124 g/mol. The summed E-state index contributed by atoms with van der Waals surface area (Å²) in [5, 5.41) is 3.72. The Balaban J connectivity index is 2.30. The minimum Gasteiger partial charge on any atom is -0.365 e. The van der Waals surface area contributed by atoms with E-state index >= 15 is 0 Å². The number of rotatable bonds is 3. The van der Waals surface area contributed by atoms with Crippen LogP contribution in [-0.4, -0.2) is 5.16 Å². The van der Waals surface area contributed by atoms with Gasteiger partial charge in [-0.1, -0.05) is 18.5 Å². The van der Waals surface area contributed by atoms with E-state index in [1.165, 1.54) is 0 Å². The molecule has 0 aliphatic carbocycles. The predicted molar refractivity (Wildman–Crippen MR) is 34.8 cm³/mol. The summed E-state index contributed by atoms with van der Waals surface area (Å²) in [4.78, 5) is 0. The quantitative estimate of drug-likeness (QED) is 0.616. The third kappa shape index (κ3) is 1.88. The van der Waals surface area contributed by atoms with Crippen LogP contribution in [0.4, 0.5) is 0 Å². The molecule has 1 rings (SSSR count). The number of aromatic nitrogens is 1. The SMILES string of the molecule is CCC[CH]c1ccon1. The summed E-state index contributed by atoms with van der Waals surface area (Å²) in [6.07, 6.45) is 5.88. The molecule has 0 amide bonds. The summed E-state index contributed by atoms with van der Waals surface area (Å²) in [5.41, 5.74) is 0.942. The Kier molecular flexibility index (Phi) is 2.31. The van der Waals surface area contributed by atoms with Crippen LogP contribution in [0.2, 0.25) is 0 Å². The highest BCUT2D eigenvalue weighted by molar-refractivity contribution is 5.06. The lowest BCUT2D eigenvalue weighted by atomic mass is 10.2. The summed E-state index contributed by atoms with van der Waals surface area (Å²) in [5.74, 6) is 0. The van der Waals surface area contributed by atoms with Gasteiger partial charge in [-0.05, 0) is 6.42 Å². The molecule has 0 aromatic carbocycles. The zero-order valence-electron chi connectivity index (χ0n) is 5.50. The Morgan fingerprint density at radius 3 is 3.22 bits per heavy atom. The molecule has 1 heterocycles. The molecule has 0 spiro atoms. The molecule has 0 bridgehead atoms. The fourth-order valence-electron chi connectivity index (χ4n) is 0.619. The van der Waals surface area contributed by atoms with Crippen molar-refractivity contribution >= 4 is 0 Å². The maximum Gasteiger partial charge on any atom is 0.124 e. The van der Waals surface area contributed by atoms with Gasteiger partial charge in [-0.25, -0.2) is 0 Å². The number of nitrogens with zero attached hydrogens (tertiary/aromatic N) is 1. The average Bonchev–Trinajstić information content (AvgIpc) is 2.34. The third-order valence-corrected chi connectivity index (χ3v) is 1.10. The van der Waals surface area contributed by atoms with Gasteiger partial charge in [0.05, 0.1) is 5.69 Å². The molecule has 2 nitrogen and oxygen atoms in total. The first kappa shape index (κ1) is 6.33. The summed E-state index contributed by atoms with van der Waals surface area (Å²) in [6, 6.07) is 1.86. The maximum absolute atomic E-state index is 4.63. The molecule has 0 aliphatic rings. The normalized spacial score (nSPS) is 9.89. The van der Waals surface area contributed by atoms with E-state index < -0.39 is 0 Å². The minimum absolute atomic E-state index is 0.942. The molecule has 49 valence electrons. The van der Waals surface area contributed by atoms with Crippen molar-refractivity contribution in [1.29, 1.82) is 0 Å². The standard InChI is InChI=1S/C7H10NO/c1-2-3-4-7-5-6-9-8-7/h4-6H,2-3H2,1H3. The van der Waals surface area contributed by atoms with Crippen molar-refractivity contribution in [2.75, 3.05) is 0 Å². The van der Waals surface area contributed by atoms with E-state index in [0.29, 0.717) is 0 Å². The van der Waals surface area contributed by atoms with Crippen molar-refractivity contribution in [3.63, 3.8) is 0 Å². The third-order valence-electron chi connectivity index (χ3n) is 1.10. The molecular weight excluding hydrogens is 114 g/mol. The summed E-state index contributed by atoms with van der Waals surface area (Å²) < 4.78 is 4.63. The van der Waals surface area contributed by atoms with E-state index in [0.717, 1.165) is 18.5 Å². The van der Waals surface area contributed by atoms with Crippen LogP contribution in [0.3, 0.4) is 0 Å². The summed E-state index contributed by atoms with van der Waals surface area (Å²) in [7, 11) is 0. The fourth-order valence-corrected chi connectivity index (χ4v) is 0.619. The second-order valence-electron chi connectivity index (χ2n) is 1.92. The highest BCUT2D eigenvalue weighted by Gasteiger charge is 1.93. The summed E-state index contributed by atoms with van der Waals surface area (Å²) >= 11 is 0. The van der Waals surface area contributed by atoms with Crippen LogP contribution in [0.5, 0.6) is 0 Å². The molecule has 0 saturated heterocycles. The van der Waals surface area contributed by atoms with Gasteiger partial charge >= 0.3 is 0 Å². The van der Waals surface area contributed by atoms with Crippen LogP contribution in [-0.2, 0) is 0 Å². The number of unbranched alkanes of at least 4 members (excludes halogenated alkanes) is 1. The van der Waals surface area contributed by atoms with E-state index in [-0.39, 0.29) is 0 Å². The van der Waals surface area contributed by atoms with Crippen LogP contribution < -0.4 is 0 Å². The van der Waals surface area contributed by atoms with E-state index in [2.05, 4.69) is 23.0 Å². The first-order chi connectivity index (χ1) is 4.43. The van der Waals surface area contributed by atoms with E-state index in [1.54, 1.807) is 6.26 Å². The fraction of sp³-hybridized carbons (Fsp3) is 0.429. The smallest absolute Gasteiger partial charge is 0.124 e. The number of hydrogen-bond acceptors (Lipinski definition) is 2. The van der Waals surface area contributed by atoms with Crippen molar-refractivity contribution in [2.45, 2.75) is 19.8 Å². The van der Waals surface area contributed by atoms with E-state index in [1.807, 2.05) is 6.07 Å². The molecule has 0 unspecified atom stereocenters. The van der Waals surface area contributed by atoms with E-state index in [4.69, 9.17) is 0 Å². The highest BCUT2D eigenvalue weighted by Crippen LogP contribution is 2.02. The molecule has 1 aromatic heterocycles. The van der Waals surface area contributed by atoms with Gasteiger partial charge in [0, 0.05) is 12.5 Å². The van der Waals surface area contributed by atoms with Crippen LogP contribution in [0.15, 0.2) is 16.9 Å². The first-order valence-corrected chi connectivity index (χ1v) is 3.17. The molecule has 0 N–H and O–H groups in total. The van der Waals surface area contributed by atoms with Crippen molar-refractivity contribution < 1.29 is 4.52 Å². The molecule has 9 heavy (non-hydrogen) atoms. The van der Waals surface area contributed by atoms with Gasteiger partial charge in [0.15, 0.2) is 0 Å².